The van der Waals surface area contributed by atoms with Crippen molar-refractivity contribution in [3.63, 3.8) is 0 Å². The molecule has 86 valence electrons. The van der Waals surface area contributed by atoms with Crippen LogP contribution >= 0.6 is 0 Å². The Labute approximate surface area is 92.2 Å². The van der Waals surface area contributed by atoms with Gasteiger partial charge in [-0.25, -0.2) is 0 Å². The van der Waals surface area contributed by atoms with E-state index in [4.69, 9.17) is 4.42 Å². The Bertz CT molecular complexity index is 249. The highest BCUT2D eigenvalue weighted by Crippen LogP contribution is 1.99. The van der Waals surface area contributed by atoms with E-state index in [9.17, 15) is 0 Å². The number of hydrogen-bond acceptors (Lipinski definition) is 3. The van der Waals surface area contributed by atoms with Crippen molar-refractivity contribution in [2.75, 3.05) is 19.6 Å². The molecule has 0 unspecified atom stereocenters. The van der Waals surface area contributed by atoms with Crippen LogP contribution in [0, 0.1) is 0 Å². The highest BCUT2D eigenvalue weighted by Gasteiger charge is 2.06. The molecule has 0 aromatic carbocycles. The van der Waals surface area contributed by atoms with Crippen LogP contribution in [0.4, 0.5) is 0 Å². The van der Waals surface area contributed by atoms with Crippen molar-refractivity contribution in [2.45, 2.75) is 32.7 Å². The molecule has 3 nitrogen and oxygen atoms in total. The minimum atomic E-state index is 0.211. The van der Waals surface area contributed by atoms with Crippen molar-refractivity contribution in [1.82, 2.24) is 10.6 Å². The van der Waals surface area contributed by atoms with E-state index in [1.54, 1.807) is 6.26 Å². The SMILES string of the molecule is CC(C)(C)NCCNCCc1ccco1. The molecule has 0 aliphatic rings. The third-order valence-electron chi connectivity index (χ3n) is 2.09. The molecule has 0 amide bonds. The third kappa shape index (κ3) is 6.31. The molecule has 15 heavy (non-hydrogen) atoms. The first-order chi connectivity index (χ1) is 7.08. The van der Waals surface area contributed by atoms with Gasteiger partial charge < -0.3 is 15.1 Å². The molecule has 0 spiro atoms. The summed E-state index contributed by atoms with van der Waals surface area (Å²) in [7, 11) is 0. The summed E-state index contributed by atoms with van der Waals surface area (Å²) < 4.78 is 5.24. The van der Waals surface area contributed by atoms with Crippen LogP contribution < -0.4 is 10.6 Å². The van der Waals surface area contributed by atoms with Gasteiger partial charge in [-0.2, -0.15) is 0 Å². The normalized spacial score (nSPS) is 11.9. The Balaban J connectivity index is 1.94. The van der Waals surface area contributed by atoms with Crippen LogP contribution in [0.5, 0.6) is 0 Å². The lowest BCUT2D eigenvalue weighted by Crippen LogP contribution is -2.40. The van der Waals surface area contributed by atoms with Gasteiger partial charge in [-0.1, -0.05) is 0 Å². The van der Waals surface area contributed by atoms with Crippen molar-refractivity contribution in [2.24, 2.45) is 0 Å². The van der Waals surface area contributed by atoms with Gasteiger partial charge in [0.05, 0.1) is 6.26 Å². The van der Waals surface area contributed by atoms with E-state index >= 15 is 0 Å². The maximum Gasteiger partial charge on any atom is 0.105 e. The first-order valence-corrected chi connectivity index (χ1v) is 5.56. The topological polar surface area (TPSA) is 37.2 Å². The second kappa shape index (κ2) is 5.93. The molecule has 0 saturated carbocycles. The predicted molar refractivity (Wildman–Crippen MR) is 63.0 cm³/mol. The molecule has 2 N–H and O–H groups in total. The second-order valence-corrected chi connectivity index (χ2v) is 4.76. The van der Waals surface area contributed by atoms with E-state index in [1.807, 2.05) is 12.1 Å². The molecule has 0 aliphatic heterocycles. The number of hydrogen-bond donors (Lipinski definition) is 2. The van der Waals surface area contributed by atoms with E-state index in [-0.39, 0.29) is 5.54 Å². The summed E-state index contributed by atoms with van der Waals surface area (Å²) in [6.45, 7) is 9.50. The van der Waals surface area contributed by atoms with Gasteiger partial charge in [-0.15, -0.1) is 0 Å². The monoisotopic (exact) mass is 210 g/mol. The zero-order valence-electron chi connectivity index (χ0n) is 9.97. The Kier molecular flexibility index (Phi) is 4.85. The lowest BCUT2D eigenvalue weighted by molar-refractivity contribution is 0.420. The van der Waals surface area contributed by atoms with Gasteiger partial charge in [0.1, 0.15) is 5.76 Å². The molecule has 0 bridgehead atoms. The van der Waals surface area contributed by atoms with Crippen LogP contribution in [-0.2, 0) is 6.42 Å². The van der Waals surface area contributed by atoms with Crippen molar-refractivity contribution >= 4 is 0 Å². The predicted octanol–water partition coefficient (Wildman–Crippen LogP) is 1.80. The Hall–Kier alpha value is -0.800. The summed E-state index contributed by atoms with van der Waals surface area (Å²) in [4.78, 5) is 0. The average molecular weight is 210 g/mol. The molecule has 1 rings (SSSR count). The maximum atomic E-state index is 5.24. The maximum absolute atomic E-state index is 5.24. The van der Waals surface area contributed by atoms with Crippen LogP contribution in [-0.4, -0.2) is 25.2 Å². The molecule has 1 heterocycles. The fourth-order valence-electron chi connectivity index (χ4n) is 1.32. The van der Waals surface area contributed by atoms with Crippen LogP contribution in [0.1, 0.15) is 26.5 Å². The summed E-state index contributed by atoms with van der Waals surface area (Å²) >= 11 is 0. The van der Waals surface area contributed by atoms with E-state index < -0.39 is 0 Å². The van der Waals surface area contributed by atoms with Crippen molar-refractivity contribution in [1.29, 1.82) is 0 Å². The molecule has 3 heteroatoms. The quantitative estimate of drug-likeness (QED) is 0.703. The fourth-order valence-corrected chi connectivity index (χ4v) is 1.32. The molecule has 0 radical (unpaired) electrons. The summed E-state index contributed by atoms with van der Waals surface area (Å²) in [5.74, 6) is 1.05. The minimum Gasteiger partial charge on any atom is -0.469 e. The molecule has 0 aliphatic carbocycles. The number of rotatable bonds is 6. The van der Waals surface area contributed by atoms with Gasteiger partial charge in [0.2, 0.25) is 0 Å². The fraction of sp³-hybridized carbons (Fsp3) is 0.667. The minimum absolute atomic E-state index is 0.211. The molecular weight excluding hydrogens is 188 g/mol. The van der Waals surface area contributed by atoms with Gasteiger partial charge >= 0.3 is 0 Å². The van der Waals surface area contributed by atoms with E-state index in [1.165, 1.54) is 0 Å². The number of nitrogens with one attached hydrogen (secondary N) is 2. The average Bonchev–Trinajstić information content (AvgIpc) is 2.61. The van der Waals surface area contributed by atoms with E-state index in [0.717, 1.165) is 31.8 Å². The summed E-state index contributed by atoms with van der Waals surface area (Å²) in [6, 6.07) is 3.94. The molecule has 0 fully saturated rings. The zero-order valence-corrected chi connectivity index (χ0v) is 9.97. The van der Waals surface area contributed by atoms with Gasteiger partial charge in [-0.3, -0.25) is 0 Å². The third-order valence-corrected chi connectivity index (χ3v) is 2.09. The lowest BCUT2D eigenvalue weighted by atomic mass is 10.1. The summed E-state index contributed by atoms with van der Waals surface area (Å²) in [5, 5.41) is 6.80. The van der Waals surface area contributed by atoms with E-state index in [2.05, 4.69) is 31.4 Å². The van der Waals surface area contributed by atoms with Crippen molar-refractivity contribution < 1.29 is 4.42 Å². The van der Waals surface area contributed by atoms with Crippen LogP contribution in [0.15, 0.2) is 22.8 Å². The van der Waals surface area contributed by atoms with Crippen molar-refractivity contribution in [3.05, 3.63) is 24.2 Å². The Morgan fingerprint density at radius 3 is 2.60 bits per heavy atom. The highest BCUT2D eigenvalue weighted by atomic mass is 16.3. The lowest BCUT2D eigenvalue weighted by Gasteiger charge is -2.20. The van der Waals surface area contributed by atoms with Gasteiger partial charge in [0, 0.05) is 31.6 Å². The van der Waals surface area contributed by atoms with Crippen molar-refractivity contribution in [3.8, 4) is 0 Å². The smallest absolute Gasteiger partial charge is 0.105 e. The highest BCUT2D eigenvalue weighted by molar-refractivity contribution is 4.98. The standard InChI is InChI=1S/C12H22N2O/c1-12(2,3)14-9-8-13-7-6-11-5-4-10-15-11/h4-5,10,13-14H,6-9H2,1-3H3. The Morgan fingerprint density at radius 2 is 2.00 bits per heavy atom. The number of furan rings is 1. The van der Waals surface area contributed by atoms with Gasteiger partial charge in [0.15, 0.2) is 0 Å². The second-order valence-electron chi connectivity index (χ2n) is 4.76. The first-order valence-electron chi connectivity index (χ1n) is 5.56. The zero-order chi connectivity index (χ0) is 11.1. The largest absolute Gasteiger partial charge is 0.469 e. The Morgan fingerprint density at radius 1 is 1.20 bits per heavy atom. The van der Waals surface area contributed by atoms with Crippen LogP contribution in [0.25, 0.3) is 0 Å². The van der Waals surface area contributed by atoms with Gasteiger partial charge in [-0.05, 0) is 32.9 Å². The first kappa shape index (κ1) is 12.3. The van der Waals surface area contributed by atoms with Crippen LogP contribution in [0.2, 0.25) is 0 Å². The summed E-state index contributed by atoms with van der Waals surface area (Å²) in [6.07, 6.45) is 2.68. The van der Waals surface area contributed by atoms with E-state index in [0.29, 0.717) is 0 Å². The van der Waals surface area contributed by atoms with Gasteiger partial charge in [0.25, 0.3) is 0 Å². The van der Waals surface area contributed by atoms with Crippen LogP contribution in [0.3, 0.4) is 0 Å². The molecule has 0 atom stereocenters. The summed E-state index contributed by atoms with van der Waals surface area (Å²) in [5.41, 5.74) is 0.211. The molecule has 0 saturated heterocycles. The molecule has 1 aromatic rings. The molecule has 1 aromatic heterocycles. The molecular formula is C12H22N2O.